The number of methoxy groups -OCH3 is 2. The second-order valence-electron chi connectivity index (χ2n) is 4.59. The monoisotopic (exact) mass is 369 g/mol. The van der Waals surface area contributed by atoms with Crippen LogP contribution in [0.25, 0.3) is 0 Å². The molecule has 1 aromatic heterocycles. The minimum absolute atomic E-state index is 0.00306. The number of nitrogens with one attached hydrogen (secondary N) is 2. The third-order valence-electron chi connectivity index (χ3n) is 2.96. The van der Waals surface area contributed by atoms with E-state index in [-0.39, 0.29) is 17.5 Å². The summed E-state index contributed by atoms with van der Waals surface area (Å²) >= 11 is 0. The van der Waals surface area contributed by atoms with E-state index in [4.69, 9.17) is 4.74 Å². The normalized spacial score (nSPS) is 10.8. The van der Waals surface area contributed by atoms with Crippen molar-refractivity contribution in [2.24, 2.45) is 7.05 Å². The van der Waals surface area contributed by atoms with Crippen molar-refractivity contribution in [2.75, 3.05) is 19.5 Å². The Hall–Kier alpha value is -3.15. The smallest absolute Gasteiger partial charge is 0.339 e. The van der Waals surface area contributed by atoms with Crippen molar-refractivity contribution >= 4 is 28.0 Å². The van der Waals surface area contributed by atoms with Crippen LogP contribution in [-0.2, 0) is 21.8 Å². The number of sulfonamides is 1. The number of benzene rings is 1. The van der Waals surface area contributed by atoms with E-state index in [2.05, 4.69) is 20.1 Å². The second-order valence-corrected chi connectivity index (χ2v) is 6.24. The molecule has 0 bridgehead atoms. The fourth-order valence-corrected chi connectivity index (χ4v) is 2.94. The van der Waals surface area contributed by atoms with Gasteiger partial charge in [0.2, 0.25) is 5.95 Å². The molecule has 11 nitrogen and oxygen atoms in total. The first-order valence-corrected chi connectivity index (χ1v) is 8.23. The topological polar surface area (TPSA) is 142 Å². The summed E-state index contributed by atoms with van der Waals surface area (Å²) in [5, 5.41) is 6.03. The molecule has 1 aromatic carbocycles. The molecule has 0 saturated carbocycles. The quantitative estimate of drug-likeness (QED) is 0.708. The molecule has 0 radical (unpaired) electrons. The third-order valence-corrected chi connectivity index (χ3v) is 4.35. The van der Waals surface area contributed by atoms with Crippen LogP contribution in [0.15, 0.2) is 29.2 Å². The van der Waals surface area contributed by atoms with Crippen molar-refractivity contribution in [3.8, 4) is 6.01 Å². The van der Waals surface area contributed by atoms with Gasteiger partial charge in [-0.25, -0.2) is 27.4 Å². The number of hydrogen-bond donors (Lipinski definition) is 2. The van der Waals surface area contributed by atoms with Gasteiger partial charge in [-0.3, -0.25) is 5.32 Å². The molecule has 12 heteroatoms. The molecule has 0 aliphatic rings. The SMILES string of the molecule is COC(=O)c1ccccc1S(=O)(=O)NC(=O)Nc1nc(OC)nn1C. The highest BCUT2D eigenvalue weighted by Crippen LogP contribution is 2.16. The third kappa shape index (κ3) is 4.03. The molecule has 0 atom stereocenters. The highest BCUT2D eigenvalue weighted by molar-refractivity contribution is 7.90. The molecule has 1 heterocycles. The Labute approximate surface area is 143 Å². The van der Waals surface area contributed by atoms with Crippen molar-refractivity contribution in [3.05, 3.63) is 29.8 Å². The van der Waals surface area contributed by atoms with Crippen LogP contribution >= 0.6 is 0 Å². The van der Waals surface area contributed by atoms with E-state index in [1.54, 1.807) is 4.72 Å². The van der Waals surface area contributed by atoms with Crippen LogP contribution in [0.5, 0.6) is 6.01 Å². The van der Waals surface area contributed by atoms with E-state index in [0.717, 1.165) is 7.11 Å². The molecular formula is C13H15N5O6S. The van der Waals surface area contributed by atoms with E-state index < -0.39 is 26.9 Å². The summed E-state index contributed by atoms with van der Waals surface area (Å²) in [4.78, 5) is 27.1. The zero-order valence-electron chi connectivity index (χ0n) is 13.5. The number of carbonyl (C=O) groups is 2. The Morgan fingerprint density at radius 1 is 1.20 bits per heavy atom. The molecule has 2 rings (SSSR count). The summed E-state index contributed by atoms with van der Waals surface area (Å²) in [5.74, 6) is -0.884. The maximum Gasteiger partial charge on any atom is 0.339 e. The first-order chi connectivity index (χ1) is 11.8. The number of rotatable bonds is 5. The Morgan fingerprint density at radius 2 is 1.88 bits per heavy atom. The van der Waals surface area contributed by atoms with Crippen molar-refractivity contribution in [1.29, 1.82) is 0 Å². The van der Waals surface area contributed by atoms with Crippen LogP contribution in [0.1, 0.15) is 10.4 Å². The van der Waals surface area contributed by atoms with Crippen molar-refractivity contribution in [1.82, 2.24) is 19.5 Å². The first-order valence-electron chi connectivity index (χ1n) is 6.74. The van der Waals surface area contributed by atoms with Gasteiger partial charge in [0.1, 0.15) is 4.90 Å². The van der Waals surface area contributed by atoms with Gasteiger partial charge in [-0.1, -0.05) is 12.1 Å². The lowest BCUT2D eigenvalue weighted by Crippen LogP contribution is -2.35. The Morgan fingerprint density at radius 3 is 2.48 bits per heavy atom. The van der Waals surface area contributed by atoms with Gasteiger partial charge in [-0.15, -0.1) is 5.10 Å². The second kappa shape index (κ2) is 7.17. The average molecular weight is 369 g/mol. The molecule has 0 aliphatic carbocycles. The Bertz CT molecular complexity index is 907. The predicted octanol–water partition coefficient (Wildman–Crippen LogP) is 0.121. The fraction of sp³-hybridized carbons (Fsp3) is 0.231. The summed E-state index contributed by atoms with van der Waals surface area (Å²) in [6.07, 6.45) is 0. The minimum Gasteiger partial charge on any atom is -0.466 e. The largest absolute Gasteiger partial charge is 0.466 e. The maximum absolute atomic E-state index is 12.4. The lowest BCUT2D eigenvalue weighted by molar-refractivity contribution is 0.0596. The predicted molar refractivity (Wildman–Crippen MR) is 84.7 cm³/mol. The van der Waals surface area contributed by atoms with E-state index in [9.17, 15) is 18.0 Å². The van der Waals surface area contributed by atoms with Gasteiger partial charge in [0, 0.05) is 7.05 Å². The van der Waals surface area contributed by atoms with E-state index in [0.29, 0.717) is 0 Å². The minimum atomic E-state index is -4.33. The molecule has 2 N–H and O–H groups in total. The number of amides is 2. The maximum atomic E-state index is 12.4. The van der Waals surface area contributed by atoms with Gasteiger partial charge in [-0.05, 0) is 12.1 Å². The highest BCUT2D eigenvalue weighted by Gasteiger charge is 2.25. The van der Waals surface area contributed by atoms with Gasteiger partial charge in [0.05, 0.1) is 19.8 Å². The molecule has 134 valence electrons. The number of carbonyl (C=O) groups excluding carboxylic acids is 2. The molecule has 0 saturated heterocycles. The summed E-state index contributed by atoms with van der Waals surface area (Å²) in [7, 11) is -0.391. The van der Waals surface area contributed by atoms with Crippen molar-refractivity contribution in [2.45, 2.75) is 4.90 Å². The lowest BCUT2D eigenvalue weighted by Gasteiger charge is -2.10. The fourth-order valence-electron chi connectivity index (χ4n) is 1.84. The Balaban J connectivity index is 2.22. The number of hydrogen-bond acceptors (Lipinski definition) is 8. The van der Waals surface area contributed by atoms with E-state index in [1.165, 1.54) is 43.1 Å². The average Bonchev–Trinajstić information content (AvgIpc) is 2.93. The molecule has 0 fully saturated rings. The summed E-state index contributed by atoms with van der Waals surface area (Å²) in [6, 6.07) is 4.23. The molecule has 0 spiro atoms. The molecule has 2 aromatic rings. The van der Waals surface area contributed by atoms with E-state index >= 15 is 0 Å². The van der Waals surface area contributed by atoms with Crippen molar-refractivity contribution in [3.63, 3.8) is 0 Å². The number of aromatic nitrogens is 3. The van der Waals surface area contributed by atoms with Gasteiger partial charge in [-0.2, -0.15) is 4.98 Å². The van der Waals surface area contributed by atoms with Crippen LogP contribution < -0.4 is 14.8 Å². The number of aryl methyl sites for hydroxylation is 1. The van der Waals surface area contributed by atoms with E-state index in [1.807, 2.05) is 0 Å². The number of esters is 1. The summed E-state index contributed by atoms with van der Waals surface area (Å²) in [6.45, 7) is 0. The Kier molecular flexibility index (Phi) is 5.22. The molecule has 2 amide bonds. The molecular weight excluding hydrogens is 354 g/mol. The summed E-state index contributed by atoms with van der Waals surface area (Å²) in [5.41, 5.74) is -0.203. The number of nitrogens with zero attached hydrogens (tertiary/aromatic N) is 3. The van der Waals surface area contributed by atoms with Gasteiger partial charge in [0.25, 0.3) is 10.0 Å². The van der Waals surface area contributed by atoms with Crippen LogP contribution in [0, 0.1) is 0 Å². The molecule has 0 aliphatic heterocycles. The van der Waals surface area contributed by atoms with Crippen LogP contribution in [0.4, 0.5) is 10.7 Å². The molecule has 0 unspecified atom stereocenters. The van der Waals surface area contributed by atoms with Gasteiger partial charge in [0.15, 0.2) is 0 Å². The van der Waals surface area contributed by atoms with Crippen molar-refractivity contribution < 1.29 is 27.5 Å². The van der Waals surface area contributed by atoms with Gasteiger partial charge < -0.3 is 9.47 Å². The molecule has 25 heavy (non-hydrogen) atoms. The highest BCUT2D eigenvalue weighted by atomic mass is 32.2. The number of urea groups is 1. The lowest BCUT2D eigenvalue weighted by atomic mass is 10.2. The zero-order valence-corrected chi connectivity index (χ0v) is 14.3. The van der Waals surface area contributed by atoms with Gasteiger partial charge >= 0.3 is 18.0 Å². The zero-order chi connectivity index (χ0) is 18.6. The van der Waals surface area contributed by atoms with Crippen LogP contribution in [0.3, 0.4) is 0 Å². The van der Waals surface area contributed by atoms with Crippen LogP contribution in [0.2, 0.25) is 0 Å². The first kappa shape index (κ1) is 18.2. The number of ether oxygens (including phenoxy) is 2. The number of anilines is 1. The van der Waals surface area contributed by atoms with Crippen LogP contribution in [-0.4, -0.2) is 49.4 Å². The standard InChI is InChI=1S/C13H15N5O6S/c1-18-11(15-13(16-18)24-3)14-12(20)17-25(21,22)9-7-5-4-6-8(9)10(19)23-2/h4-7H,1-3H3,(H2,14,15,16,17,20). The summed E-state index contributed by atoms with van der Waals surface area (Å²) < 4.78 is 37.1.